The molecule has 6 nitrogen and oxygen atoms in total. The van der Waals surface area contributed by atoms with Crippen molar-refractivity contribution in [1.82, 2.24) is 4.98 Å². The molecule has 3 rings (SSSR count). The molecular weight excluding hydrogens is 314 g/mol. The fourth-order valence-electron chi connectivity index (χ4n) is 2.49. The molecule has 2 heterocycles. The van der Waals surface area contributed by atoms with Crippen LogP contribution in [-0.2, 0) is 0 Å². The molecule has 1 aliphatic rings. The number of aromatic nitrogens is 1. The summed E-state index contributed by atoms with van der Waals surface area (Å²) in [6.07, 6.45) is 0. The SMILES string of the molecule is COc1ccc(OC)c(N2CC(O)=C(c3nc(C)cs3)C2=N)c1. The van der Waals surface area contributed by atoms with Crippen molar-refractivity contribution in [3.8, 4) is 11.5 Å². The Morgan fingerprint density at radius 1 is 1.30 bits per heavy atom. The van der Waals surface area contributed by atoms with E-state index >= 15 is 0 Å². The number of ether oxygens (including phenoxy) is 2. The number of nitrogens with zero attached hydrogens (tertiary/aromatic N) is 2. The Morgan fingerprint density at radius 2 is 2.09 bits per heavy atom. The van der Waals surface area contributed by atoms with Gasteiger partial charge in [-0.05, 0) is 19.1 Å². The average Bonchev–Trinajstić information content (AvgIpc) is 3.09. The predicted octanol–water partition coefficient (Wildman–Crippen LogP) is 3.24. The monoisotopic (exact) mass is 331 g/mol. The lowest BCUT2D eigenvalue weighted by atomic mass is 10.2. The van der Waals surface area contributed by atoms with Crippen LogP contribution in [0.4, 0.5) is 5.69 Å². The highest BCUT2D eigenvalue weighted by atomic mass is 32.1. The lowest BCUT2D eigenvalue weighted by Crippen LogP contribution is -2.26. The van der Waals surface area contributed by atoms with Crippen molar-refractivity contribution in [2.75, 3.05) is 25.7 Å². The van der Waals surface area contributed by atoms with Crippen LogP contribution in [0.5, 0.6) is 11.5 Å². The quantitative estimate of drug-likeness (QED) is 0.899. The van der Waals surface area contributed by atoms with Crippen LogP contribution in [0.1, 0.15) is 10.7 Å². The maximum Gasteiger partial charge on any atom is 0.142 e. The second kappa shape index (κ2) is 5.92. The number of aliphatic hydroxyl groups excluding tert-OH is 1. The molecule has 0 unspecified atom stereocenters. The van der Waals surface area contributed by atoms with Gasteiger partial charge < -0.3 is 19.5 Å². The van der Waals surface area contributed by atoms with E-state index in [9.17, 15) is 5.11 Å². The maximum absolute atomic E-state index is 10.3. The number of hydrogen-bond acceptors (Lipinski definition) is 6. The zero-order valence-corrected chi connectivity index (χ0v) is 13.9. The molecule has 1 aliphatic heterocycles. The molecule has 0 fully saturated rings. The third-order valence-corrected chi connectivity index (χ3v) is 4.59. The maximum atomic E-state index is 10.3. The number of anilines is 1. The summed E-state index contributed by atoms with van der Waals surface area (Å²) in [5.74, 6) is 1.60. The molecule has 0 radical (unpaired) electrons. The Balaban J connectivity index is 2.00. The topological polar surface area (TPSA) is 78.7 Å². The molecule has 1 aromatic heterocycles. The first kappa shape index (κ1) is 15.4. The molecule has 0 aliphatic carbocycles. The molecule has 23 heavy (non-hydrogen) atoms. The Morgan fingerprint density at radius 3 is 2.70 bits per heavy atom. The highest BCUT2D eigenvalue weighted by Crippen LogP contribution is 2.38. The molecule has 0 saturated carbocycles. The van der Waals surface area contributed by atoms with Crippen LogP contribution in [0.15, 0.2) is 29.3 Å². The number of thiazole rings is 1. The molecule has 120 valence electrons. The second-order valence-corrected chi connectivity index (χ2v) is 5.95. The van der Waals surface area contributed by atoms with Gasteiger partial charge in [-0.1, -0.05) is 0 Å². The predicted molar refractivity (Wildman–Crippen MR) is 91.0 cm³/mol. The average molecular weight is 331 g/mol. The van der Waals surface area contributed by atoms with Crippen molar-refractivity contribution >= 4 is 28.4 Å². The van der Waals surface area contributed by atoms with Crippen molar-refractivity contribution in [1.29, 1.82) is 5.41 Å². The molecule has 0 atom stereocenters. The van der Waals surface area contributed by atoms with Crippen LogP contribution < -0.4 is 14.4 Å². The van der Waals surface area contributed by atoms with Gasteiger partial charge >= 0.3 is 0 Å². The minimum Gasteiger partial charge on any atom is -0.510 e. The van der Waals surface area contributed by atoms with E-state index in [2.05, 4.69) is 4.98 Å². The molecule has 2 N–H and O–H groups in total. The Labute approximate surface area is 138 Å². The summed E-state index contributed by atoms with van der Waals surface area (Å²) in [5.41, 5.74) is 2.01. The molecule has 7 heteroatoms. The Bertz CT molecular complexity index is 798. The van der Waals surface area contributed by atoms with Crippen LogP contribution in [0, 0.1) is 12.3 Å². The van der Waals surface area contributed by atoms with Crippen molar-refractivity contribution in [2.45, 2.75) is 6.92 Å². The summed E-state index contributed by atoms with van der Waals surface area (Å²) in [4.78, 5) is 6.06. The van der Waals surface area contributed by atoms with Gasteiger partial charge in [0.15, 0.2) is 0 Å². The molecule has 1 aromatic carbocycles. The van der Waals surface area contributed by atoms with Gasteiger partial charge in [0, 0.05) is 17.1 Å². The van der Waals surface area contributed by atoms with Gasteiger partial charge in [-0.15, -0.1) is 11.3 Å². The molecular formula is C16H17N3O3S. The minimum atomic E-state index is 0.134. The zero-order valence-electron chi connectivity index (χ0n) is 13.1. The van der Waals surface area contributed by atoms with Gasteiger partial charge in [0.2, 0.25) is 0 Å². The molecule has 0 saturated heterocycles. The number of nitrogens with one attached hydrogen (secondary N) is 1. The third-order valence-electron chi connectivity index (χ3n) is 3.61. The van der Waals surface area contributed by atoms with Crippen molar-refractivity contribution in [2.24, 2.45) is 0 Å². The summed E-state index contributed by atoms with van der Waals surface area (Å²) >= 11 is 1.42. The van der Waals surface area contributed by atoms with Crippen LogP contribution >= 0.6 is 11.3 Å². The first-order valence-corrected chi connectivity index (χ1v) is 7.86. The van der Waals surface area contributed by atoms with E-state index in [1.165, 1.54) is 11.3 Å². The van der Waals surface area contributed by atoms with E-state index in [-0.39, 0.29) is 18.1 Å². The van der Waals surface area contributed by atoms with E-state index in [1.807, 2.05) is 12.3 Å². The summed E-state index contributed by atoms with van der Waals surface area (Å²) < 4.78 is 10.6. The summed E-state index contributed by atoms with van der Waals surface area (Å²) in [5, 5.41) is 21.3. The summed E-state index contributed by atoms with van der Waals surface area (Å²) in [6, 6.07) is 5.36. The smallest absolute Gasteiger partial charge is 0.142 e. The Kier molecular flexibility index (Phi) is 3.96. The van der Waals surface area contributed by atoms with Crippen LogP contribution in [-0.4, -0.2) is 36.7 Å². The van der Waals surface area contributed by atoms with Gasteiger partial charge in [0.1, 0.15) is 28.1 Å². The largest absolute Gasteiger partial charge is 0.510 e. The number of benzene rings is 1. The molecule has 0 bridgehead atoms. The minimum absolute atomic E-state index is 0.134. The van der Waals surface area contributed by atoms with E-state index in [0.29, 0.717) is 27.8 Å². The molecule has 2 aromatic rings. The van der Waals surface area contributed by atoms with Gasteiger partial charge in [-0.2, -0.15) is 0 Å². The number of aliphatic hydroxyl groups is 1. The standard InChI is InChI=1S/C16H17N3O3S/c1-9-8-23-16(18-9)14-12(20)7-19(15(14)17)11-6-10(21-2)4-5-13(11)22-3/h4-6,8,17,20H,7H2,1-3H3. The fraction of sp³-hybridized carbons (Fsp3) is 0.250. The Hall–Kier alpha value is -2.54. The lowest BCUT2D eigenvalue weighted by molar-refractivity contribution is 0.400. The number of amidine groups is 1. The number of hydrogen-bond donors (Lipinski definition) is 2. The second-order valence-electron chi connectivity index (χ2n) is 5.09. The fourth-order valence-corrected chi connectivity index (χ4v) is 3.35. The van der Waals surface area contributed by atoms with Gasteiger partial charge in [-0.3, -0.25) is 5.41 Å². The summed E-state index contributed by atoms with van der Waals surface area (Å²) in [7, 11) is 3.16. The highest BCUT2D eigenvalue weighted by Gasteiger charge is 2.32. The van der Waals surface area contributed by atoms with Crippen LogP contribution in [0.25, 0.3) is 5.57 Å². The van der Waals surface area contributed by atoms with E-state index in [0.717, 1.165) is 5.69 Å². The van der Waals surface area contributed by atoms with E-state index in [4.69, 9.17) is 14.9 Å². The van der Waals surface area contributed by atoms with Crippen molar-refractivity contribution in [3.63, 3.8) is 0 Å². The summed E-state index contributed by atoms with van der Waals surface area (Å²) in [6.45, 7) is 2.09. The molecule has 0 amide bonds. The third kappa shape index (κ3) is 2.63. The first-order chi connectivity index (χ1) is 11.0. The number of rotatable bonds is 4. The van der Waals surface area contributed by atoms with Crippen LogP contribution in [0.3, 0.4) is 0 Å². The van der Waals surface area contributed by atoms with E-state index in [1.54, 1.807) is 37.3 Å². The highest BCUT2D eigenvalue weighted by molar-refractivity contribution is 7.11. The van der Waals surface area contributed by atoms with Crippen molar-refractivity contribution in [3.05, 3.63) is 40.0 Å². The van der Waals surface area contributed by atoms with Crippen molar-refractivity contribution < 1.29 is 14.6 Å². The van der Waals surface area contributed by atoms with Crippen LogP contribution in [0.2, 0.25) is 0 Å². The first-order valence-electron chi connectivity index (χ1n) is 6.98. The molecule has 0 spiro atoms. The van der Waals surface area contributed by atoms with Gasteiger partial charge in [0.25, 0.3) is 0 Å². The lowest BCUT2D eigenvalue weighted by Gasteiger charge is -2.21. The zero-order chi connectivity index (χ0) is 16.6. The van der Waals surface area contributed by atoms with E-state index < -0.39 is 0 Å². The van der Waals surface area contributed by atoms with Gasteiger partial charge in [0.05, 0.1) is 32.0 Å². The normalized spacial score (nSPS) is 14.6. The van der Waals surface area contributed by atoms with Gasteiger partial charge in [-0.25, -0.2) is 4.98 Å². The number of aryl methyl sites for hydroxylation is 1. The number of methoxy groups -OCH3 is 2.